The van der Waals surface area contributed by atoms with Crippen LogP contribution in [0.15, 0.2) is 24.3 Å². The van der Waals surface area contributed by atoms with E-state index < -0.39 is 6.10 Å². The first-order valence-electron chi connectivity index (χ1n) is 6.40. The maximum atomic E-state index is 11.6. The average molecular weight is 266 g/mol. The van der Waals surface area contributed by atoms with E-state index in [1.165, 1.54) is 7.11 Å². The van der Waals surface area contributed by atoms with Crippen LogP contribution in [-0.4, -0.2) is 37.4 Å². The van der Waals surface area contributed by atoms with Gasteiger partial charge in [0, 0.05) is 25.8 Å². The summed E-state index contributed by atoms with van der Waals surface area (Å²) in [5, 5.41) is 12.2. The van der Waals surface area contributed by atoms with E-state index >= 15 is 0 Å². The molecule has 0 aliphatic carbocycles. The van der Waals surface area contributed by atoms with Crippen molar-refractivity contribution in [3.63, 3.8) is 0 Å². The summed E-state index contributed by atoms with van der Waals surface area (Å²) >= 11 is 0. The van der Waals surface area contributed by atoms with Crippen molar-refractivity contribution >= 4 is 11.6 Å². The molecule has 1 atom stereocenters. The van der Waals surface area contributed by atoms with E-state index in [-0.39, 0.29) is 5.91 Å². The number of carbonyl (C=O) groups is 1. The SMILES string of the molecule is COCC(O)CCNC(=O)CCc1ccc(N)cc1. The molecule has 4 N–H and O–H groups in total. The number of aryl methyl sites for hydroxylation is 1. The number of methoxy groups -OCH3 is 1. The maximum absolute atomic E-state index is 11.6. The van der Waals surface area contributed by atoms with Gasteiger partial charge in [0.25, 0.3) is 0 Å². The number of hydrogen-bond acceptors (Lipinski definition) is 4. The lowest BCUT2D eigenvalue weighted by molar-refractivity contribution is -0.121. The second kappa shape index (κ2) is 8.50. The van der Waals surface area contributed by atoms with E-state index in [2.05, 4.69) is 5.32 Å². The third-order valence-electron chi connectivity index (χ3n) is 2.78. The molecule has 0 heterocycles. The fourth-order valence-corrected chi connectivity index (χ4v) is 1.68. The van der Waals surface area contributed by atoms with Crippen molar-refractivity contribution in [1.82, 2.24) is 5.32 Å². The normalized spacial score (nSPS) is 12.1. The summed E-state index contributed by atoms with van der Waals surface area (Å²) in [6.07, 6.45) is 1.10. The monoisotopic (exact) mass is 266 g/mol. The van der Waals surface area contributed by atoms with Gasteiger partial charge in [-0.15, -0.1) is 0 Å². The Bertz CT molecular complexity index is 379. The van der Waals surface area contributed by atoms with Crippen LogP contribution in [0.3, 0.4) is 0 Å². The molecule has 1 unspecified atom stereocenters. The van der Waals surface area contributed by atoms with E-state index in [0.29, 0.717) is 32.4 Å². The van der Waals surface area contributed by atoms with Crippen LogP contribution >= 0.6 is 0 Å². The molecular formula is C14H22N2O3. The molecule has 1 aromatic rings. The number of benzene rings is 1. The van der Waals surface area contributed by atoms with Gasteiger partial charge in [-0.1, -0.05) is 12.1 Å². The largest absolute Gasteiger partial charge is 0.399 e. The van der Waals surface area contributed by atoms with Crippen LogP contribution < -0.4 is 11.1 Å². The number of aliphatic hydroxyl groups is 1. The molecule has 0 bridgehead atoms. The molecule has 0 saturated heterocycles. The van der Waals surface area contributed by atoms with Crippen LogP contribution in [0.25, 0.3) is 0 Å². The number of carbonyl (C=O) groups excluding carboxylic acids is 1. The van der Waals surface area contributed by atoms with E-state index in [9.17, 15) is 9.90 Å². The summed E-state index contributed by atoms with van der Waals surface area (Å²) in [5.74, 6) is -0.0126. The van der Waals surface area contributed by atoms with Crippen molar-refractivity contribution in [2.45, 2.75) is 25.4 Å². The van der Waals surface area contributed by atoms with Gasteiger partial charge in [-0.25, -0.2) is 0 Å². The highest BCUT2D eigenvalue weighted by atomic mass is 16.5. The van der Waals surface area contributed by atoms with E-state index in [1.54, 1.807) is 0 Å². The Morgan fingerprint density at radius 1 is 1.42 bits per heavy atom. The first-order valence-corrected chi connectivity index (χ1v) is 6.40. The number of nitrogens with two attached hydrogens (primary N) is 1. The fourth-order valence-electron chi connectivity index (χ4n) is 1.68. The van der Waals surface area contributed by atoms with Crippen LogP contribution in [0.4, 0.5) is 5.69 Å². The highest BCUT2D eigenvalue weighted by molar-refractivity contribution is 5.76. The molecular weight excluding hydrogens is 244 g/mol. The Morgan fingerprint density at radius 2 is 2.11 bits per heavy atom. The van der Waals surface area contributed by atoms with Gasteiger partial charge in [0.1, 0.15) is 0 Å². The van der Waals surface area contributed by atoms with Crippen molar-refractivity contribution in [1.29, 1.82) is 0 Å². The molecule has 5 heteroatoms. The molecule has 0 saturated carbocycles. The van der Waals surface area contributed by atoms with Gasteiger partial charge in [0.05, 0.1) is 12.7 Å². The number of hydrogen-bond donors (Lipinski definition) is 3. The Hall–Kier alpha value is -1.59. The molecule has 0 aliphatic heterocycles. The molecule has 0 fully saturated rings. The lowest BCUT2D eigenvalue weighted by Gasteiger charge is -2.10. The molecule has 0 radical (unpaired) electrons. The topological polar surface area (TPSA) is 84.6 Å². The number of nitrogens with one attached hydrogen (secondary N) is 1. The lowest BCUT2D eigenvalue weighted by atomic mass is 10.1. The van der Waals surface area contributed by atoms with Crippen molar-refractivity contribution in [2.75, 3.05) is 26.0 Å². The second-order valence-corrected chi connectivity index (χ2v) is 4.49. The van der Waals surface area contributed by atoms with Gasteiger partial charge in [0.15, 0.2) is 0 Å². The summed E-state index contributed by atoms with van der Waals surface area (Å²) in [6.45, 7) is 0.756. The number of nitrogen functional groups attached to an aromatic ring is 1. The molecule has 19 heavy (non-hydrogen) atoms. The molecule has 0 aliphatic rings. The Kier molecular flexibility index (Phi) is 6.92. The molecule has 1 amide bonds. The minimum atomic E-state index is -0.526. The third kappa shape index (κ3) is 6.79. The number of amides is 1. The summed E-state index contributed by atoms with van der Waals surface area (Å²) in [6, 6.07) is 7.50. The first-order chi connectivity index (χ1) is 9.11. The molecule has 0 aromatic heterocycles. The summed E-state index contributed by atoms with van der Waals surface area (Å²) < 4.78 is 4.80. The van der Waals surface area contributed by atoms with Crippen molar-refractivity contribution in [2.24, 2.45) is 0 Å². The van der Waals surface area contributed by atoms with Gasteiger partial charge in [-0.05, 0) is 30.5 Å². The van der Waals surface area contributed by atoms with Crippen molar-refractivity contribution < 1.29 is 14.6 Å². The van der Waals surface area contributed by atoms with E-state index in [4.69, 9.17) is 10.5 Å². The Morgan fingerprint density at radius 3 is 2.74 bits per heavy atom. The van der Waals surface area contributed by atoms with Gasteiger partial charge in [-0.2, -0.15) is 0 Å². The van der Waals surface area contributed by atoms with Crippen LogP contribution in [0, 0.1) is 0 Å². The van der Waals surface area contributed by atoms with Gasteiger partial charge in [0.2, 0.25) is 5.91 Å². The van der Waals surface area contributed by atoms with E-state index in [1.807, 2.05) is 24.3 Å². The number of anilines is 1. The van der Waals surface area contributed by atoms with Crippen LogP contribution in [-0.2, 0) is 16.0 Å². The third-order valence-corrected chi connectivity index (χ3v) is 2.78. The Labute approximate surface area is 113 Å². The van der Waals surface area contributed by atoms with E-state index in [0.717, 1.165) is 11.3 Å². The van der Waals surface area contributed by atoms with Crippen LogP contribution in [0.2, 0.25) is 0 Å². The predicted octanol–water partition coefficient (Wildman–Crippen LogP) is 0.715. The highest BCUT2D eigenvalue weighted by Crippen LogP contribution is 2.07. The number of rotatable bonds is 8. The average Bonchev–Trinajstić information content (AvgIpc) is 2.38. The maximum Gasteiger partial charge on any atom is 0.220 e. The number of aliphatic hydroxyl groups excluding tert-OH is 1. The van der Waals surface area contributed by atoms with Gasteiger partial charge in [-0.3, -0.25) is 4.79 Å². The fraction of sp³-hybridized carbons (Fsp3) is 0.500. The second-order valence-electron chi connectivity index (χ2n) is 4.49. The number of ether oxygens (including phenoxy) is 1. The lowest BCUT2D eigenvalue weighted by Crippen LogP contribution is -2.28. The zero-order valence-electron chi connectivity index (χ0n) is 11.3. The quantitative estimate of drug-likeness (QED) is 0.605. The predicted molar refractivity (Wildman–Crippen MR) is 74.7 cm³/mol. The minimum absolute atomic E-state index is 0.0126. The first kappa shape index (κ1) is 15.5. The van der Waals surface area contributed by atoms with Gasteiger partial charge >= 0.3 is 0 Å². The standard InChI is InChI=1S/C14H22N2O3/c1-19-10-13(17)8-9-16-14(18)7-4-11-2-5-12(15)6-3-11/h2-3,5-6,13,17H,4,7-10,15H2,1H3,(H,16,18). The summed E-state index contributed by atoms with van der Waals surface area (Å²) in [7, 11) is 1.54. The molecule has 1 aromatic carbocycles. The van der Waals surface area contributed by atoms with Crippen molar-refractivity contribution in [3.8, 4) is 0 Å². The zero-order valence-corrected chi connectivity index (χ0v) is 11.3. The highest BCUT2D eigenvalue weighted by Gasteiger charge is 2.05. The van der Waals surface area contributed by atoms with Crippen LogP contribution in [0.1, 0.15) is 18.4 Å². The zero-order chi connectivity index (χ0) is 14.1. The Balaban J connectivity index is 2.16. The molecule has 5 nitrogen and oxygen atoms in total. The summed E-state index contributed by atoms with van der Waals surface area (Å²) in [5.41, 5.74) is 7.40. The molecule has 106 valence electrons. The minimum Gasteiger partial charge on any atom is -0.399 e. The summed E-state index contributed by atoms with van der Waals surface area (Å²) in [4.78, 5) is 11.6. The van der Waals surface area contributed by atoms with Crippen LogP contribution in [0.5, 0.6) is 0 Å². The molecule has 0 spiro atoms. The molecule has 1 rings (SSSR count). The van der Waals surface area contributed by atoms with Gasteiger partial charge < -0.3 is 20.9 Å². The van der Waals surface area contributed by atoms with Crippen molar-refractivity contribution in [3.05, 3.63) is 29.8 Å². The smallest absolute Gasteiger partial charge is 0.220 e.